The molecule has 12 rings (SSSR count). The van der Waals surface area contributed by atoms with Crippen LogP contribution in [0.4, 0.5) is 10.2 Å². The summed E-state index contributed by atoms with van der Waals surface area (Å²) in [5.41, 5.74) is 4.08. The van der Waals surface area contributed by atoms with Crippen LogP contribution in [0.1, 0.15) is 104 Å². The van der Waals surface area contributed by atoms with E-state index in [2.05, 4.69) is 58.0 Å². The number of nitrogens with zero attached hydrogens (tertiary/aromatic N) is 13. The molecule has 0 unspecified atom stereocenters. The molecule has 8 aromatic heterocycles. The lowest BCUT2D eigenvalue weighted by Gasteiger charge is -2.40. The van der Waals surface area contributed by atoms with Crippen LogP contribution in [0.3, 0.4) is 0 Å². The van der Waals surface area contributed by atoms with Crippen LogP contribution in [0.25, 0.3) is 33.3 Å². The molecule has 0 spiro atoms. The number of anilines is 1. The van der Waals surface area contributed by atoms with Crippen LogP contribution in [0.15, 0.2) is 98.1 Å². The highest BCUT2D eigenvalue weighted by atomic mass is 19.1. The topological polar surface area (TPSA) is 264 Å². The highest BCUT2D eigenvalue weighted by Crippen LogP contribution is 2.35. The predicted molar refractivity (Wildman–Crippen MR) is 280 cm³/mol. The van der Waals surface area contributed by atoms with E-state index in [9.17, 15) is 34.7 Å². The summed E-state index contributed by atoms with van der Waals surface area (Å²) in [4.78, 5) is 34.5. The molecular weight excluding hydrogens is 986 g/mol. The first-order valence-electron chi connectivity index (χ1n) is 25.5. The van der Waals surface area contributed by atoms with Crippen LogP contribution < -0.4 is 25.0 Å². The van der Waals surface area contributed by atoms with Gasteiger partial charge in [-0.1, -0.05) is 0 Å². The molecule has 4 aliphatic rings. The van der Waals surface area contributed by atoms with Crippen molar-refractivity contribution in [2.75, 3.05) is 44.3 Å². The smallest absolute Gasteiger partial charge is 0.271 e. The number of ketones is 1. The van der Waals surface area contributed by atoms with Gasteiger partial charge in [-0.3, -0.25) is 19.0 Å². The number of Topliss-reactive ketones (excluding diaryl/α,β-unsaturated/α-hetero) is 1. The number of pyridine rings is 4. The average Bonchev–Trinajstić information content (AvgIpc) is 4.11. The van der Waals surface area contributed by atoms with Crippen LogP contribution in [0, 0.1) is 34.5 Å². The van der Waals surface area contributed by atoms with Gasteiger partial charge in [0.05, 0.1) is 70.2 Å². The number of aromatic nitrogens is 10. The minimum Gasteiger partial charge on any atom is -0.489 e. The van der Waals surface area contributed by atoms with E-state index >= 15 is 0 Å². The fourth-order valence-electron chi connectivity index (χ4n) is 8.54. The molecule has 21 nitrogen and oxygen atoms in total. The van der Waals surface area contributed by atoms with Crippen LogP contribution >= 0.6 is 0 Å². The van der Waals surface area contributed by atoms with E-state index < -0.39 is 17.1 Å². The third kappa shape index (κ3) is 12.6. The number of amides is 1. The summed E-state index contributed by atoms with van der Waals surface area (Å²) in [6.07, 6.45) is 18.5. The Kier molecular flexibility index (Phi) is 14.5. The first kappa shape index (κ1) is 51.9. The fourth-order valence-corrected chi connectivity index (χ4v) is 8.54. The summed E-state index contributed by atoms with van der Waals surface area (Å²) >= 11 is 0. The van der Waals surface area contributed by atoms with Crippen molar-refractivity contribution in [3.05, 3.63) is 127 Å². The molecule has 396 valence electrons. The van der Waals surface area contributed by atoms with Gasteiger partial charge in [0.1, 0.15) is 54.1 Å². The Labute approximate surface area is 442 Å². The zero-order chi connectivity index (χ0) is 54.0. The number of fused-ring (bicyclic) bond motifs is 2. The van der Waals surface area contributed by atoms with Gasteiger partial charge in [-0.15, -0.1) is 0 Å². The van der Waals surface area contributed by atoms with Crippen molar-refractivity contribution < 1.29 is 33.7 Å². The summed E-state index contributed by atoms with van der Waals surface area (Å²) in [5, 5.41) is 62.2. The third-order valence-electron chi connectivity index (χ3n) is 13.2. The Bertz CT molecular complexity index is 3500. The number of nitriles is 2. The molecule has 0 atom stereocenters. The van der Waals surface area contributed by atoms with Crippen molar-refractivity contribution >= 4 is 28.5 Å². The van der Waals surface area contributed by atoms with E-state index in [0.717, 1.165) is 56.0 Å². The van der Waals surface area contributed by atoms with Gasteiger partial charge >= 0.3 is 0 Å². The van der Waals surface area contributed by atoms with Gasteiger partial charge in [0.15, 0.2) is 5.78 Å². The summed E-state index contributed by atoms with van der Waals surface area (Å²) in [7, 11) is 0. The largest absolute Gasteiger partial charge is 0.489 e. The van der Waals surface area contributed by atoms with E-state index in [4.69, 9.17) is 9.47 Å². The number of carbonyl (C=O) groups is 2. The van der Waals surface area contributed by atoms with E-state index in [1.807, 2.05) is 46.0 Å². The maximum Gasteiger partial charge on any atom is 0.271 e. The Morgan fingerprint density at radius 2 is 1.29 bits per heavy atom. The molecule has 2 saturated carbocycles. The molecule has 4 N–H and O–H groups in total. The lowest BCUT2D eigenvalue weighted by molar-refractivity contribution is 0.0280. The summed E-state index contributed by atoms with van der Waals surface area (Å²) in [6.45, 7) is 10.2. The second kappa shape index (κ2) is 21.6. The normalized spacial score (nSPS) is 15.5. The monoisotopic (exact) mass is 1040 g/mol. The molecule has 2 aliphatic carbocycles. The van der Waals surface area contributed by atoms with Crippen LogP contribution in [0.2, 0.25) is 0 Å². The number of hydrogen-bond donors (Lipinski definition) is 4. The van der Waals surface area contributed by atoms with Gasteiger partial charge in [-0.25, -0.2) is 19.0 Å². The average molecular weight is 1040 g/mol. The molecule has 22 heteroatoms. The molecule has 2 saturated heterocycles. The van der Waals surface area contributed by atoms with Crippen molar-refractivity contribution in [2.45, 2.75) is 89.1 Å². The van der Waals surface area contributed by atoms with Crippen molar-refractivity contribution in [1.82, 2.24) is 59.4 Å². The lowest BCUT2D eigenvalue weighted by atomic mass is 10.0. The molecule has 1 amide bonds. The van der Waals surface area contributed by atoms with Crippen molar-refractivity contribution in [2.24, 2.45) is 5.92 Å². The SMILES string of the molecule is CC(C)(O)COc1cc(-c2ccc(F)nc2)c2c(C#N)cnn2c1.CC(C)(O)COc1cc(-c2ccc(N3CC(n4ccc(C(=O)NC5CC5)n4)C3)nc2)c2c(C#N)cnn2c1.O=C(CC1CC1)c1ccn(C2CNC2)n1. The first-order chi connectivity index (χ1) is 37.0. The zero-order valence-corrected chi connectivity index (χ0v) is 43.0. The van der Waals surface area contributed by atoms with Crippen molar-refractivity contribution in [3.63, 3.8) is 0 Å². The number of nitrogens with one attached hydrogen (secondary N) is 2. The predicted octanol–water partition coefficient (Wildman–Crippen LogP) is 6.13. The second-order valence-electron chi connectivity index (χ2n) is 21.1. The minimum atomic E-state index is -0.992. The molecule has 8 aromatic rings. The number of rotatable bonds is 16. The number of hydrogen-bond acceptors (Lipinski definition) is 16. The van der Waals surface area contributed by atoms with E-state index in [1.165, 1.54) is 42.0 Å². The Hall–Kier alpha value is -8.57. The van der Waals surface area contributed by atoms with E-state index in [0.29, 0.717) is 80.6 Å². The first-order valence-corrected chi connectivity index (χ1v) is 25.5. The molecule has 77 heavy (non-hydrogen) atoms. The maximum atomic E-state index is 13.1. The van der Waals surface area contributed by atoms with Gasteiger partial charge in [-0.05, 0) is 108 Å². The van der Waals surface area contributed by atoms with Crippen molar-refractivity contribution in [3.8, 4) is 45.9 Å². The standard InChI is InChI=1S/C27H28N8O3.C17H15FN4O2.C11H15N3O/c1-27(2,37)16-38-21-9-22(25-18(10-28)12-30-35(25)15-21)17-3-6-24(29-11-17)33-13-20(14-33)34-8-7-23(32-34)26(36)31-19-4-5-19;1-17(2,23)10-24-13-5-14(11-3-4-15(18)20-7-11)16-12(6-19)8-21-22(16)9-13;15-11(5-8-1-2-8)10-3-4-14(13-10)9-6-12-7-9/h3,6-9,11-12,15,19-20,37H,4-5,13-14,16H2,1-2H3,(H,31,36);3-5,7-9,23H,10H2,1-2H3;3-4,8-9,12H,1-2,5-7H2. The third-order valence-corrected chi connectivity index (χ3v) is 13.2. The molecule has 2 aliphatic heterocycles. The highest BCUT2D eigenvalue weighted by Gasteiger charge is 2.32. The van der Waals surface area contributed by atoms with Gasteiger partial charge in [0, 0.05) is 85.7 Å². The van der Waals surface area contributed by atoms with Crippen LogP contribution in [0.5, 0.6) is 11.5 Å². The lowest BCUT2D eigenvalue weighted by Crippen LogP contribution is -2.48. The Morgan fingerprint density at radius 3 is 1.77 bits per heavy atom. The summed E-state index contributed by atoms with van der Waals surface area (Å²) in [6, 6.07) is 19.1. The van der Waals surface area contributed by atoms with Gasteiger partial charge in [-0.2, -0.15) is 35.3 Å². The summed E-state index contributed by atoms with van der Waals surface area (Å²) in [5.74, 6) is 2.00. The van der Waals surface area contributed by atoms with Gasteiger partial charge in [0.2, 0.25) is 5.95 Å². The van der Waals surface area contributed by atoms with Gasteiger partial charge < -0.3 is 35.2 Å². The maximum absolute atomic E-state index is 13.1. The van der Waals surface area contributed by atoms with E-state index in [1.54, 1.807) is 69.0 Å². The Morgan fingerprint density at radius 1 is 0.740 bits per heavy atom. The number of aliphatic hydroxyl groups is 2. The number of carbonyl (C=O) groups excluding carboxylic acids is 2. The van der Waals surface area contributed by atoms with Crippen LogP contribution in [-0.4, -0.2) is 127 Å². The Balaban J connectivity index is 0.000000146. The summed E-state index contributed by atoms with van der Waals surface area (Å²) < 4.78 is 31.4. The second-order valence-corrected chi connectivity index (χ2v) is 21.1. The molecular formula is C55H58FN15O6. The highest BCUT2D eigenvalue weighted by molar-refractivity contribution is 5.94. The van der Waals surface area contributed by atoms with Crippen molar-refractivity contribution in [1.29, 1.82) is 10.5 Å². The fraction of sp³-hybridized carbons (Fsp3) is 0.382. The molecule has 0 bridgehead atoms. The van der Waals surface area contributed by atoms with Crippen LogP contribution in [-0.2, 0) is 0 Å². The number of ether oxygens (including phenoxy) is 2. The zero-order valence-electron chi connectivity index (χ0n) is 43.0. The van der Waals surface area contributed by atoms with E-state index in [-0.39, 0.29) is 30.9 Å². The molecule has 0 aromatic carbocycles. The minimum absolute atomic E-state index is 0.0893. The number of halogens is 1. The van der Waals surface area contributed by atoms with Gasteiger partial charge in [0.25, 0.3) is 5.91 Å². The molecule has 4 fully saturated rings. The molecule has 0 radical (unpaired) electrons. The quantitative estimate of drug-likeness (QED) is 0.0626. The molecule has 10 heterocycles.